The third-order valence-electron chi connectivity index (χ3n) is 3.53. The number of amides is 1. The average molecular weight is 480 g/mol. The molecule has 0 saturated carbocycles. The average Bonchev–Trinajstić information content (AvgIpc) is 2.98. The Kier molecular flexibility index (Phi) is 5.78. The van der Waals surface area contributed by atoms with Gasteiger partial charge in [0, 0.05) is 21.6 Å². The first kappa shape index (κ1) is 20.1. The SMILES string of the molecule is O=C(NCc1cccnn1)c1cc(F)c2sc(C(F)(F)P(O)O)c(Br)c2c1. The number of hydrogen-bond donors (Lipinski definition) is 3. The van der Waals surface area contributed by atoms with Crippen LogP contribution in [0.15, 0.2) is 34.9 Å². The minimum absolute atomic E-state index is 0.0381. The Labute approximate surface area is 164 Å². The van der Waals surface area contributed by atoms with Crippen LogP contribution in [0.4, 0.5) is 13.2 Å². The Morgan fingerprint density at radius 3 is 2.74 bits per heavy atom. The maximum Gasteiger partial charge on any atom is 0.349 e. The van der Waals surface area contributed by atoms with Crippen LogP contribution in [-0.4, -0.2) is 25.9 Å². The zero-order valence-electron chi connectivity index (χ0n) is 13.2. The Hall–Kier alpha value is -1.65. The standard InChI is InChI=1S/C15H10BrF3N3O3PS/c16-11-9-4-7(14(23)20-6-8-2-1-3-21-22-8)5-10(17)12(9)27-13(11)15(18,19)26(24)25/h1-5,24-25H,6H2,(H,20,23). The number of benzene rings is 1. The zero-order chi connectivity index (χ0) is 19.8. The van der Waals surface area contributed by atoms with Crippen molar-refractivity contribution >= 4 is 51.6 Å². The molecule has 0 radical (unpaired) electrons. The largest absolute Gasteiger partial charge is 0.349 e. The van der Waals surface area contributed by atoms with E-state index in [0.717, 1.165) is 6.07 Å². The number of nitrogens with one attached hydrogen (secondary N) is 1. The van der Waals surface area contributed by atoms with E-state index in [9.17, 15) is 18.0 Å². The number of rotatable bonds is 5. The molecule has 27 heavy (non-hydrogen) atoms. The molecule has 3 N–H and O–H groups in total. The summed E-state index contributed by atoms with van der Waals surface area (Å²) in [6.45, 7) is 0.0553. The van der Waals surface area contributed by atoms with E-state index in [1.54, 1.807) is 12.1 Å². The summed E-state index contributed by atoms with van der Waals surface area (Å²) in [7, 11) is -3.60. The minimum Gasteiger partial charge on any atom is -0.346 e. The molecule has 0 bridgehead atoms. The van der Waals surface area contributed by atoms with Gasteiger partial charge in [-0.2, -0.15) is 19.0 Å². The molecule has 142 valence electrons. The molecule has 3 rings (SSSR count). The van der Waals surface area contributed by atoms with Crippen LogP contribution in [0.1, 0.15) is 20.9 Å². The Bertz CT molecular complexity index is 1000. The zero-order valence-corrected chi connectivity index (χ0v) is 16.5. The summed E-state index contributed by atoms with van der Waals surface area (Å²) in [6, 6.07) is 5.46. The molecule has 0 atom stereocenters. The van der Waals surface area contributed by atoms with Crippen molar-refractivity contribution in [3.8, 4) is 0 Å². The summed E-state index contributed by atoms with van der Waals surface area (Å²) in [4.78, 5) is 29.5. The van der Waals surface area contributed by atoms with E-state index in [0.29, 0.717) is 17.0 Å². The second kappa shape index (κ2) is 7.76. The van der Waals surface area contributed by atoms with Crippen molar-refractivity contribution < 1.29 is 27.8 Å². The highest BCUT2D eigenvalue weighted by Gasteiger charge is 2.45. The van der Waals surface area contributed by atoms with Gasteiger partial charge in [-0.3, -0.25) is 4.79 Å². The lowest BCUT2D eigenvalue weighted by molar-refractivity contribution is 0.0766. The molecule has 2 heterocycles. The van der Waals surface area contributed by atoms with E-state index in [1.165, 1.54) is 12.3 Å². The number of aromatic nitrogens is 2. The molecule has 12 heteroatoms. The lowest BCUT2D eigenvalue weighted by Crippen LogP contribution is -2.23. The van der Waals surface area contributed by atoms with E-state index in [2.05, 4.69) is 31.4 Å². The monoisotopic (exact) mass is 479 g/mol. The van der Waals surface area contributed by atoms with Crippen LogP contribution in [0.25, 0.3) is 10.1 Å². The van der Waals surface area contributed by atoms with Crippen LogP contribution in [0.5, 0.6) is 0 Å². The van der Waals surface area contributed by atoms with Crippen LogP contribution in [0.3, 0.4) is 0 Å². The molecule has 1 amide bonds. The summed E-state index contributed by atoms with van der Waals surface area (Å²) in [5, 5.41) is 10.0. The number of carbonyl (C=O) groups excluding carboxylic acids is 1. The van der Waals surface area contributed by atoms with Gasteiger partial charge in [0.15, 0.2) is 0 Å². The molecular formula is C15H10BrF3N3O3PS. The van der Waals surface area contributed by atoms with Crippen LogP contribution in [0.2, 0.25) is 0 Å². The summed E-state index contributed by atoms with van der Waals surface area (Å²) in [6.07, 6.45) is 1.47. The number of hydrogen-bond acceptors (Lipinski definition) is 6. The second-order valence-corrected chi connectivity index (χ2v) is 8.26. The quantitative estimate of drug-likeness (QED) is 0.483. The lowest BCUT2D eigenvalue weighted by atomic mass is 10.1. The van der Waals surface area contributed by atoms with Gasteiger partial charge in [-0.25, -0.2) is 4.39 Å². The maximum atomic E-state index is 14.4. The van der Waals surface area contributed by atoms with Crippen LogP contribution < -0.4 is 5.32 Å². The normalized spacial score (nSPS) is 12.0. The van der Waals surface area contributed by atoms with Gasteiger partial charge < -0.3 is 15.1 Å². The molecular weight excluding hydrogens is 470 g/mol. The van der Waals surface area contributed by atoms with Gasteiger partial charge in [-0.1, -0.05) is 0 Å². The molecule has 0 spiro atoms. The fourth-order valence-electron chi connectivity index (χ4n) is 2.25. The van der Waals surface area contributed by atoms with Crippen LogP contribution >= 0.6 is 35.6 Å². The molecule has 0 aliphatic rings. The highest BCUT2D eigenvalue weighted by molar-refractivity contribution is 9.10. The molecule has 6 nitrogen and oxygen atoms in total. The lowest BCUT2D eigenvalue weighted by Gasteiger charge is -2.15. The van der Waals surface area contributed by atoms with E-state index in [-0.39, 0.29) is 26.7 Å². The smallest absolute Gasteiger partial charge is 0.346 e. The predicted molar refractivity (Wildman–Crippen MR) is 97.9 cm³/mol. The number of fused-ring (bicyclic) bond motifs is 1. The van der Waals surface area contributed by atoms with Crippen molar-refractivity contribution in [2.45, 2.75) is 12.2 Å². The molecule has 2 aromatic heterocycles. The summed E-state index contributed by atoms with van der Waals surface area (Å²) in [5.74, 6) is -1.50. The van der Waals surface area contributed by atoms with Gasteiger partial charge in [-0.05, 0) is 40.2 Å². The Morgan fingerprint density at radius 2 is 2.11 bits per heavy atom. The fourth-order valence-corrected chi connectivity index (χ4v) is 4.96. The van der Waals surface area contributed by atoms with Crippen molar-refractivity contribution in [1.82, 2.24) is 15.5 Å². The first-order valence-corrected chi connectivity index (χ1v) is 10.1. The van der Waals surface area contributed by atoms with Crippen molar-refractivity contribution in [2.75, 3.05) is 0 Å². The molecule has 0 saturated heterocycles. The summed E-state index contributed by atoms with van der Waals surface area (Å²) < 4.78 is 42.0. The molecule has 1 aromatic carbocycles. The number of halogens is 4. The highest BCUT2D eigenvalue weighted by Crippen LogP contribution is 2.58. The van der Waals surface area contributed by atoms with Gasteiger partial charge in [0.05, 0.1) is 21.8 Å². The molecule has 3 aromatic rings. The highest BCUT2D eigenvalue weighted by atomic mass is 79.9. The van der Waals surface area contributed by atoms with Crippen molar-refractivity contribution in [1.29, 1.82) is 0 Å². The molecule has 0 aliphatic carbocycles. The summed E-state index contributed by atoms with van der Waals surface area (Å²) in [5.41, 5.74) is -3.52. The minimum atomic E-state index is -3.93. The third-order valence-corrected chi connectivity index (χ3v) is 6.77. The number of carbonyl (C=O) groups is 1. The summed E-state index contributed by atoms with van der Waals surface area (Å²) >= 11 is 3.34. The number of alkyl halides is 2. The van der Waals surface area contributed by atoms with Crippen LogP contribution in [-0.2, 0) is 12.2 Å². The fraction of sp³-hybridized carbons (Fsp3) is 0.133. The maximum absolute atomic E-state index is 14.4. The van der Waals surface area contributed by atoms with Crippen molar-refractivity contribution in [2.24, 2.45) is 0 Å². The Morgan fingerprint density at radius 1 is 1.37 bits per heavy atom. The second-order valence-electron chi connectivity index (χ2n) is 5.31. The predicted octanol–water partition coefficient (Wildman–Crippen LogP) is 3.87. The first-order chi connectivity index (χ1) is 12.7. The van der Waals surface area contributed by atoms with E-state index in [1.807, 2.05) is 0 Å². The van der Waals surface area contributed by atoms with Crippen molar-refractivity contribution in [3.05, 3.63) is 56.9 Å². The van der Waals surface area contributed by atoms with E-state index >= 15 is 0 Å². The van der Waals surface area contributed by atoms with Gasteiger partial charge in [0.1, 0.15) is 5.82 Å². The molecule has 0 aliphatic heterocycles. The topological polar surface area (TPSA) is 95.3 Å². The molecule has 0 fully saturated rings. The van der Waals surface area contributed by atoms with Crippen molar-refractivity contribution in [3.63, 3.8) is 0 Å². The van der Waals surface area contributed by atoms with Gasteiger partial charge in [0.25, 0.3) is 5.91 Å². The van der Waals surface area contributed by atoms with E-state index in [4.69, 9.17) is 9.79 Å². The van der Waals surface area contributed by atoms with Crippen LogP contribution in [0, 0.1) is 5.82 Å². The first-order valence-electron chi connectivity index (χ1n) is 7.24. The third kappa shape index (κ3) is 3.97. The number of nitrogens with zero attached hydrogens (tertiary/aromatic N) is 2. The van der Waals surface area contributed by atoms with Gasteiger partial charge >= 0.3 is 5.66 Å². The Balaban J connectivity index is 1.94. The molecule has 0 unspecified atom stereocenters. The van der Waals surface area contributed by atoms with Gasteiger partial charge in [-0.15, -0.1) is 11.3 Å². The van der Waals surface area contributed by atoms with E-state index < -0.39 is 30.6 Å². The van der Waals surface area contributed by atoms with Gasteiger partial charge in [0.2, 0.25) is 8.38 Å². The number of thiophene rings is 1.